The number of amides is 1. The molecule has 1 saturated carbocycles. The van der Waals surface area contributed by atoms with Gasteiger partial charge in [0.05, 0.1) is 25.0 Å². The summed E-state index contributed by atoms with van der Waals surface area (Å²) in [6.45, 7) is 7.33. The first-order valence-corrected chi connectivity index (χ1v) is 6.90. The molecule has 6 heteroatoms. The van der Waals surface area contributed by atoms with Gasteiger partial charge in [-0.05, 0) is 20.8 Å². The van der Waals surface area contributed by atoms with Crippen molar-refractivity contribution in [2.45, 2.75) is 26.4 Å². The van der Waals surface area contributed by atoms with Crippen LogP contribution in [-0.4, -0.2) is 55.0 Å². The Morgan fingerprint density at radius 3 is 2.30 bits per heavy atom. The number of esters is 1. The second kappa shape index (κ2) is 5.52. The molecule has 1 aliphatic heterocycles. The average Bonchev–Trinajstić information content (AvgIpc) is 3.11. The average molecular weight is 283 g/mol. The van der Waals surface area contributed by atoms with Crippen molar-refractivity contribution < 1.29 is 23.9 Å². The lowest BCUT2D eigenvalue weighted by Gasteiger charge is -2.27. The maximum atomic E-state index is 12.3. The number of carbonyl (C=O) groups is 3. The first-order valence-electron chi connectivity index (χ1n) is 6.90. The van der Waals surface area contributed by atoms with Gasteiger partial charge in [0.15, 0.2) is 0 Å². The summed E-state index contributed by atoms with van der Waals surface area (Å²) in [5, 5.41) is 0. The van der Waals surface area contributed by atoms with Crippen molar-refractivity contribution in [2.24, 2.45) is 17.8 Å². The van der Waals surface area contributed by atoms with E-state index in [1.165, 1.54) is 0 Å². The molecule has 20 heavy (non-hydrogen) atoms. The summed E-state index contributed by atoms with van der Waals surface area (Å²) >= 11 is 0. The highest BCUT2D eigenvalue weighted by molar-refractivity contribution is 5.96. The molecule has 0 aromatic heterocycles. The van der Waals surface area contributed by atoms with E-state index in [2.05, 4.69) is 0 Å². The minimum atomic E-state index is -0.623. The summed E-state index contributed by atoms with van der Waals surface area (Å²) in [4.78, 5) is 37.0. The molecule has 0 aromatic carbocycles. The van der Waals surface area contributed by atoms with Gasteiger partial charge in [0, 0.05) is 19.0 Å². The fourth-order valence-electron chi connectivity index (χ4n) is 2.49. The number of hydrogen-bond acceptors (Lipinski definition) is 5. The van der Waals surface area contributed by atoms with E-state index < -0.39 is 29.3 Å². The van der Waals surface area contributed by atoms with Gasteiger partial charge in [-0.2, -0.15) is 0 Å². The van der Waals surface area contributed by atoms with Crippen molar-refractivity contribution in [2.75, 3.05) is 26.3 Å². The maximum absolute atomic E-state index is 12.3. The zero-order valence-corrected chi connectivity index (χ0v) is 12.1. The number of carbonyl (C=O) groups excluding carboxylic acids is 3. The lowest BCUT2D eigenvalue weighted by molar-refractivity contribution is -0.158. The van der Waals surface area contributed by atoms with Gasteiger partial charge in [-0.1, -0.05) is 0 Å². The molecule has 1 saturated heterocycles. The van der Waals surface area contributed by atoms with E-state index in [0.29, 0.717) is 32.6 Å². The van der Waals surface area contributed by atoms with Gasteiger partial charge < -0.3 is 19.2 Å². The summed E-state index contributed by atoms with van der Waals surface area (Å²) in [6, 6.07) is 0. The number of nitrogens with zero attached hydrogens (tertiary/aromatic N) is 1. The number of hydrogen-bond donors (Lipinski definition) is 0. The largest absolute Gasteiger partial charge is 0.460 e. The molecule has 0 bridgehead atoms. The topological polar surface area (TPSA) is 72.9 Å². The van der Waals surface area contributed by atoms with Gasteiger partial charge in [0.1, 0.15) is 11.9 Å². The van der Waals surface area contributed by atoms with E-state index in [1.54, 1.807) is 25.7 Å². The molecular formula is C14H21NO5. The second-order valence-corrected chi connectivity index (χ2v) is 6.24. The molecule has 0 aromatic rings. The molecule has 0 radical (unpaired) electrons. The monoisotopic (exact) mass is 283 g/mol. The summed E-state index contributed by atoms with van der Waals surface area (Å²) < 4.78 is 10.5. The molecule has 6 nitrogen and oxygen atoms in total. The van der Waals surface area contributed by atoms with Crippen molar-refractivity contribution in [3.63, 3.8) is 0 Å². The Morgan fingerprint density at radius 2 is 1.80 bits per heavy atom. The summed E-state index contributed by atoms with van der Waals surface area (Å²) in [5.41, 5.74) is -0.611. The van der Waals surface area contributed by atoms with Crippen molar-refractivity contribution in [1.82, 2.24) is 4.90 Å². The van der Waals surface area contributed by atoms with Gasteiger partial charge in [0.25, 0.3) is 0 Å². The third kappa shape index (κ3) is 3.17. The van der Waals surface area contributed by atoms with Crippen LogP contribution >= 0.6 is 0 Å². The summed E-state index contributed by atoms with van der Waals surface area (Å²) in [6.07, 6.45) is 0.692. The first kappa shape index (κ1) is 15.0. The molecule has 1 aliphatic carbocycles. The van der Waals surface area contributed by atoms with Crippen LogP contribution in [0.3, 0.4) is 0 Å². The quantitative estimate of drug-likeness (QED) is 0.548. The van der Waals surface area contributed by atoms with Gasteiger partial charge in [-0.25, -0.2) is 0 Å². The van der Waals surface area contributed by atoms with Crippen LogP contribution in [0.4, 0.5) is 0 Å². The molecule has 1 amide bonds. The van der Waals surface area contributed by atoms with E-state index in [9.17, 15) is 14.4 Å². The van der Waals surface area contributed by atoms with Crippen LogP contribution in [0.2, 0.25) is 0 Å². The third-order valence-corrected chi connectivity index (χ3v) is 3.52. The lowest BCUT2D eigenvalue weighted by atomic mass is 10.2. The Hall–Kier alpha value is -1.43. The fraction of sp³-hybridized carbons (Fsp3) is 0.786. The van der Waals surface area contributed by atoms with Crippen LogP contribution in [0.5, 0.6) is 0 Å². The van der Waals surface area contributed by atoms with E-state index in [-0.39, 0.29) is 5.91 Å². The Balaban J connectivity index is 1.99. The van der Waals surface area contributed by atoms with Crippen molar-refractivity contribution >= 4 is 18.2 Å². The Bertz CT molecular complexity index is 408. The van der Waals surface area contributed by atoms with Crippen LogP contribution in [0, 0.1) is 17.8 Å². The van der Waals surface area contributed by atoms with Gasteiger partial charge >= 0.3 is 5.97 Å². The van der Waals surface area contributed by atoms with E-state index in [1.807, 2.05) is 0 Å². The highest BCUT2D eigenvalue weighted by atomic mass is 16.6. The predicted molar refractivity (Wildman–Crippen MR) is 69.8 cm³/mol. The molecule has 2 aliphatic rings. The Kier molecular flexibility index (Phi) is 4.13. The maximum Gasteiger partial charge on any atom is 0.311 e. The van der Waals surface area contributed by atoms with Crippen LogP contribution in [0.1, 0.15) is 20.8 Å². The summed E-state index contributed by atoms with van der Waals surface area (Å²) in [7, 11) is 0. The highest BCUT2D eigenvalue weighted by Crippen LogP contribution is 2.47. The smallest absolute Gasteiger partial charge is 0.311 e. The third-order valence-electron chi connectivity index (χ3n) is 3.52. The van der Waals surface area contributed by atoms with E-state index >= 15 is 0 Å². The number of ether oxygens (including phenoxy) is 2. The fourth-order valence-corrected chi connectivity index (χ4v) is 2.49. The predicted octanol–water partition coefficient (Wildman–Crippen LogP) is 0.248. The molecule has 112 valence electrons. The Labute approximate surface area is 118 Å². The van der Waals surface area contributed by atoms with Crippen molar-refractivity contribution in [3.05, 3.63) is 0 Å². The van der Waals surface area contributed by atoms with E-state index in [4.69, 9.17) is 9.47 Å². The summed E-state index contributed by atoms with van der Waals surface area (Å²) in [5.74, 6) is -2.31. The standard InChI is InChI=1S/C14H21NO5/c1-14(2,3)20-13(18)11-9(8-16)10(11)12(17)15-4-6-19-7-5-15/h8-11H,4-7H2,1-3H3/t9-,10+,11+/m0/s1. The molecule has 0 spiro atoms. The number of rotatable bonds is 3. The normalized spacial score (nSPS) is 29.8. The number of aldehydes is 1. The number of morpholine rings is 1. The zero-order valence-electron chi connectivity index (χ0n) is 12.1. The SMILES string of the molecule is CC(C)(C)OC(=O)[C@@H]1[C@@H](C=O)[C@H]1C(=O)N1CCOCC1. The highest BCUT2D eigenvalue weighted by Gasteiger charge is 2.61. The second-order valence-electron chi connectivity index (χ2n) is 6.24. The molecule has 0 N–H and O–H groups in total. The van der Waals surface area contributed by atoms with Gasteiger partial charge in [-0.15, -0.1) is 0 Å². The minimum Gasteiger partial charge on any atom is -0.460 e. The lowest BCUT2D eigenvalue weighted by Crippen LogP contribution is -2.42. The van der Waals surface area contributed by atoms with Gasteiger partial charge in [0.2, 0.25) is 5.91 Å². The first-order chi connectivity index (χ1) is 9.35. The Morgan fingerprint density at radius 1 is 1.20 bits per heavy atom. The molecule has 2 rings (SSSR count). The molecule has 3 atom stereocenters. The van der Waals surface area contributed by atoms with Crippen LogP contribution in [-0.2, 0) is 23.9 Å². The zero-order chi connectivity index (χ0) is 14.9. The molecule has 2 fully saturated rings. The van der Waals surface area contributed by atoms with E-state index in [0.717, 1.165) is 0 Å². The van der Waals surface area contributed by atoms with Crippen LogP contribution in [0.25, 0.3) is 0 Å². The minimum absolute atomic E-state index is 0.138. The van der Waals surface area contributed by atoms with Crippen LogP contribution in [0.15, 0.2) is 0 Å². The molecule has 0 unspecified atom stereocenters. The van der Waals surface area contributed by atoms with Crippen molar-refractivity contribution in [3.8, 4) is 0 Å². The molecule has 1 heterocycles. The van der Waals surface area contributed by atoms with Crippen LogP contribution < -0.4 is 0 Å². The van der Waals surface area contributed by atoms with Crippen molar-refractivity contribution in [1.29, 1.82) is 0 Å². The van der Waals surface area contributed by atoms with Gasteiger partial charge in [-0.3, -0.25) is 9.59 Å². The molecular weight excluding hydrogens is 262 g/mol.